The summed E-state index contributed by atoms with van der Waals surface area (Å²) in [6.07, 6.45) is 0.440. The normalized spacial score (nSPS) is 10.4. The number of carbonyl (C=O) groups is 1. The Bertz CT molecular complexity index is 682. The molecule has 1 amide bonds. The molecule has 0 spiro atoms. The number of carbonyl (C=O) groups excluding carboxylic acids is 1. The van der Waals surface area contributed by atoms with Gasteiger partial charge in [-0.25, -0.2) is 0 Å². The summed E-state index contributed by atoms with van der Waals surface area (Å²) in [6.45, 7) is 4.49. The van der Waals surface area contributed by atoms with E-state index < -0.39 is 0 Å². The lowest BCUT2D eigenvalue weighted by Gasteiger charge is -2.15. The van der Waals surface area contributed by atoms with Crippen LogP contribution in [0.3, 0.4) is 0 Å². The molecule has 2 N–H and O–H groups in total. The summed E-state index contributed by atoms with van der Waals surface area (Å²) in [7, 11) is 4.02. The summed E-state index contributed by atoms with van der Waals surface area (Å²) < 4.78 is 5.72. The monoisotopic (exact) mass is 341 g/mol. The van der Waals surface area contributed by atoms with E-state index >= 15 is 0 Å². The summed E-state index contributed by atoms with van der Waals surface area (Å²) >= 11 is 0. The van der Waals surface area contributed by atoms with Gasteiger partial charge in [-0.15, -0.1) is 0 Å². The number of ether oxygens (including phenoxy) is 1. The van der Waals surface area contributed by atoms with E-state index in [1.165, 1.54) is 0 Å². The number of nitrogens with zero attached hydrogens (tertiary/aromatic N) is 1. The molecule has 5 heteroatoms. The Labute approximate surface area is 150 Å². The average Bonchev–Trinajstić information content (AvgIpc) is 2.56. The van der Waals surface area contributed by atoms with E-state index in [0.717, 1.165) is 11.4 Å². The van der Waals surface area contributed by atoms with E-state index in [0.29, 0.717) is 24.4 Å². The minimum Gasteiger partial charge on any atom is -0.489 e. The molecule has 0 bridgehead atoms. The molecular formula is C20H27N3O2. The van der Waals surface area contributed by atoms with Gasteiger partial charge in [-0.2, -0.15) is 0 Å². The number of hydrogen-bond acceptors (Lipinski definition) is 4. The molecule has 0 unspecified atom stereocenters. The molecule has 0 radical (unpaired) electrons. The first-order valence-electron chi connectivity index (χ1n) is 8.52. The van der Waals surface area contributed by atoms with Gasteiger partial charge in [0.15, 0.2) is 0 Å². The van der Waals surface area contributed by atoms with Gasteiger partial charge in [0.1, 0.15) is 5.75 Å². The van der Waals surface area contributed by atoms with E-state index in [-0.39, 0.29) is 12.0 Å². The molecule has 2 aromatic rings. The highest BCUT2D eigenvalue weighted by molar-refractivity contribution is 5.92. The Morgan fingerprint density at radius 2 is 1.76 bits per heavy atom. The Balaban J connectivity index is 1.83. The van der Waals surface area contributed by atoms with Crippen LogP contribution in [0.2, 0.25) is 0 Å². The molecule has 134 valence electrons. The summed E-state index contributed by atoms with van der Waals surface area (Å²) in [5.74, 6) is 0.648. The third kappa shape index (κ3) is 6.03. The Hall–Kier alpha value is -2.69. The van der Waals surface area contributed by atoms with E-state index in [9.17, 15) is 4.79 Å². The quantitative estimate of drug-likeness (QED) is 0.762. The van der Waals surface area contributed by atoms with Crippen LogP contribution in [0.25, 0.3) is 0 Å². The van der Waals surface area contributed by atoms with Crippen LogP contribution < -0.4 is 20.3 Å². The number of amides is 1. The van der Waals surface area contributed by atoms with Crippen LogP contribution in [0.15, 0.2) is 48.5 Å². The van der Waals surface area contributed by atoms with Crippen LogP contribution in [0, 0.1) is 0 Å². The Kier molecular flexibility index (Phi) is 6.69. The summed E-state index contributed by atoms with van der Waals surface area (Å²) in [4.78, 5) is 14.2. The zero-order chi connectivity index (χ0) is 18.2. The van der Waals surface area contributed by atoms with Gasteiger partial charge in [0.05, 0.1) is 11.8 Å². The molecule has 2 rings (SSSR count). The number of anilines is 3. The standard InChI is InChI=1S/C20H27N3O2/c1-15(2)25-19-8-6-5-7-18(19)22-20(24)13-14-21-16-9-11-17(12-10-16)23(3)4/h5-12,15,21H,13-14H2,1-4H3,(H,22,24). The highest BCUT2D eigenvalue weighted by Crippen LogP contribution is 2.25. The third-order valence-electron chi connectivity index (χ3n) is 3.59. The molecule has 0 aromatic heterocycles. The van der Waals surface area contributed by atoms with Gasteiger partial charge in [0.25, 0.3) is 0 Å². The van der Waals surface area contributed by atoms with Crippen molar-refractivity contribution in [3.05, 3.63) is 48.5 Å². The minimum atomic E-state index is -0.0442. The van der Waals surface area contributed by atoms with E-state index in [4.69, 9.17) is 4.74 Å². The molecule has 0 saturated carbocycles. The lowest BCUT2D eigenvalue weighted by Crippen LogP contribution is -2.17. The summed E-state index contributed by atoms with van der Waals surface area (Å²) in [6, 6.07) is 15.6. The zero-order valence-electron chi connectivity index (χ0n) is 15.4. The Morgan fingerprint density at radius 3 is 2.40 bits per heavy atom. The molecule has 0 heterocycles. The minimum absolute atomic E-state index is 0.0442. The van der Waals surface area contributed by atoms with Crippen molar-refractivity contribution >= 4 is 23.0 Å². The fraction of sp³-hybridized carbons (Fsp3) is 0.350. The van der Waals surface area contributed by atoms with Crippen LogP contribution in [0.5, 0.6) is 5.75 Å². The van der Waals surface area contributed by atoms with Crippen LogP contribution in [-0.2, 0) is 4.79 Å². The number of rotatable bonds is 8. The van der Waals surface area contributed by atoms with Gasteiger partial charge < -0.3 is 20.3 Å². The first-order valence-corrected chi connectivity index (χ1v) is 8.52. The van der Waals surface area contributed by atoms with Crippen molar-refractivity contribution in [2.75, 3.05) is 36.2 Å². The van der Waals surface area contributed by atoms with Gasteiger partial charge in [-0.1, -0.05) is 12.1 Å². The summed E-state index contributed by atoms with van der Waals surface area (Å²) in [5.41, 5.74) is 2.85. The van der Waals surface area contributed by atoms with Gasteiger partial charge in [-0.05, 0) is 50.2 Å². The van der Waals surface area contributed by atoms with E-state index in [1.54, 1.807) is 0 Å². The molecule has 2 aromatic carbocycles. The van der Waals surface area contributed by atoms with Gasteiger partial charge >= 0.3 is 0 Å². The van der Waals surface area contributed by atoms with Crippen molar-refractivity contribution in [1.82, 2.24) is 0 Å². The largest absolute Gasteiger partial charge is 0.489 e. The molecule has 0 aliphatic heterocycles. The van der Waals surface area contributed by atoms with Crippen molar-refractivity contribution < 1.29 is 9.53 Å². The highest BCUT2D eigenvalue weighted by atomic mass is 16.5. The van der Waals surface area contributed by atoms with Gasteiger partial charge in [0, 0.05) is 38.4 Å². The third-order valence-corrected chi connectivity index (χ3v) is 3.59. The van der Waals surface area contributed by atoms with Crippen molar-refractivity contribution in [2.24, 2.45) is 0 Å². The SMILES string of the molecule is CC(C)Oc1ccccc1NC(=O)CCNc1ccc(N(C)C)cc1. The molecule has 0 atom stereocenters. The molecular weight excluding hydrogens is 314 g/mol. The second-order valence-corrected chi connectivity index (χ2v) is 6.33. The van der Waals surface area contributed by atoms with Gasteiger partial charge in [-0.3, -0.25) is 4.79 Å². The number of benzene rings is 2. The van der Waals surface area contributed by atoms with E-state index in [1.807, 2.05) is 81.4 Å². The van der Waals surface area contributed by atoms with Crippen LogP contribution in [0.4, 0.5) is 17.1 Å². The first-order chi connectivity index (χ1) is 12.0. The predicted molar refractivity (Wildman–Crippen MR) is 105 cm³/mol. The number of nitrogens with one attached hydrogen (secondary N) is 2. The molecule has 0 saturated heterocycles. The average molecular weight is 341 g/mol. The zero-order valence-corrected chi connectivity index (χ0v) is 15.4. The Morgan fingerprint density at radius 1 is 1.08 bits per heavy atom. The summed E-state index contributed by atoms with van der Waals surface area (Å²) in [5, 5.41) is 6.18. The van der Waals surface area contributed by atoms with E-state index in [2.05, 4.69) is 10.6 Å². The molecule has 5 nitrogen and oxygen atoms in total. The lowest BCUT2D eigenvalue weighted by molar-refractivity contribution is -0.116. The fourth-order valence-corrected chi connectivity index (χ4v) is 2.34. The van der Waals surface area contributed by atoms with Gasteiger partial charge in [0.2, 0.25) is 5.91 Å². The maximum absolute atomic E-state index is 12.2. The number of para-hydroxylation sites is 2. The fourth-order valence-electron chi connectivity index (χ4n) is 2.34. The topological polar surface area (TPSA) is 53.6 Å². The molecule has 25 heavy (non-hydrogen) atoms. The highest BCUT2D eigenvalue weighted by Gasteiger charge is 2.08. The predicted octanol–water partition coefficient (Wildman–Crippen LogP) is 3.98. The maximum Gasteiger partial charge on any atom is 0.226 e. The first kappa shape index (κ1) is 18.6. The molecule has 0 aliphatic rings. The van der Waals surface area contributed by atoms with Crippen LogP contribution >= 0.6 is 0 Å². The molecule has 0 fully saturated rings. The molecule has 0 aliphatic carbocycles. The van der Waals surface area contributed by atoms with Crippen molar-refractivity contribution in [3.63, 3.8) is 0 Å². The smallest absolute Gasteiger partial charge is 0.226 e. The number of hydrogen-bond donors (Lipinski definition) is 2. The maximum atomic E-state index is 12.2. The second-order valence-electron chi connectivity index (χ2n) is 6.33. The van der Waals surface area contributed by atoms with Crippen molar-refractivity contribution in [3.8, 4) is 5.75 Å². The van der Waals surface area contributed by atoms with Crippen LogP contribution in [-0.4, -0.2) is 32.7 Å². The second kappa shape index (κ2) is 8.97. The van der Waals surface area contributed by atoms with Crippen LogP contribution in [0.1, 0.15) is 20.3 Å². The van der Waals surface area contributed by atoms with Crippen molar-refractivity contribution in [2.45, 2.75) is 26.4 Å². The lowest BCUT2D eigenvalue weighted by atomic mass is 10.2. The van der Waals surface area contributed by atoms with Crippen molar-refractivity contribution in [1.29, 1.82) is 0 Å².